The van der Waals surface area contributed by atoms with Crippen LogP contribution in [0.5, 0.6) is 0 Å². The second-order valence-corrected chi connectivity index (χ2v) is 5.97. The molecule has 0 radical (unpaired) electrons. The molecular weight excluding hydrogens is 234 g/mol. The Kier molecular flexibility index (Phi) is 2.88. The topological polar surface area (TPSA) is 81.8 Å². The van der Waals surface area contributed by atoms with Crippen molar-refractivity contribution in [1.82, 2.24) is 0 Å². The van der Waals surface area contributed by atoms with Crippen molar-refractivity contribution >= 4 is 5.97 Å². The number of hydrogen-bond donors (Lipinski definition) is 2. The molecule has 0 aromatic rings. The van der Waals surface area contributed by atoms with Gasteiger partial charge >= 0.3 is 5.97 Å². The van der Waals surface area contributed by atoms with Gasteiger partial charge in [-0.1, -0.05) is 12.8 Å². The minimum Gasteiger partial charge on any atom is -0.480 e. The van der Waals surface area contributed by atoms with E-state index in [1.54, 1.807) is 0 Å². The third-order valence-corrected chi connectivity index (χ3v) is 4.70. The lowest BCUT2D eigenvalue weighted by Crippen LogP contribution is -2.54. The van der Waals surface area contributed by atoms with Gasteiger partial charge in [-0.25, -0.2) is 0 Å². The summed E-state index contributed by atoms with van der Waals surface area (Å²) < 4.78 is 12.2. The van der Waals surface area contributed by atoms with Crippen LogP contribution in [0.2, 0.25) is 0 Å². The number of carboxylic acid groups (broad SMARTS) is 1. The maximum Gasteiger partial charge on any atom is 0.323 e. The van der Waals surface area contributed by atoms with Crippen molar-refractivity contribution in [2.45, 2.75) is 74.9 Å². The molecule has 0 amide bonds. The van der Waals surface area contributed by atoms with E-state index in [0.29, 0.717) is 25.7 Å². The molecule has 0 unspecified atom stereocenters. The van der Waals surface area contributed by atoms with Crippen LogP contribution in [0.4, 0.5) is 0 Å². The highest BCUT2D eigenvalue weighted by Crippen LogP contribution is 2.46. The van der Waals surface area contributed by atoms with Crippen molar-refractivity contribution in [1.29, 1.82) is 0 Å². The molecule has 18 heavy (non-hydrogen) atoms. The third kappa shape index (κ3) is 1.94. The van der Waals surface area contributed by atoms with Crippen LogP contribution in [0.15, 0.2) is 0 Å². The average Bonchev–Trinajstić information content (AvgIpc) is 2.71. The normalized spacial score (nSPS) is 48.1. The van der Waals surface area contributed by atoms with Gasteiger partial charge in [0.2, 0.25) is 0 Å². The summed E-state index contributed by atoms with van der Waals surface area (Å²) in [5.74, 6) is -1.45. The lowest BCUT2D eigenvalue weighted by atomic mass is 9.79. The molecule has 1 spiro atoms. The van der Waals surface area contributed by atoms with E-state index in [0.717, 1.165) is 12.8 Å². The first kappa shape index (κ1) is 12.4. The van der Waals surface area contributed by atoms with Crippen LogP contribution in [0.1, 0.15) is 51.4 Å². The molecule has 102 valence electrons. The van der Waals surface area contributed by atoms with Crippen molar-refractivity contribution in [2.24, 2.45) is 5.73 Å². The number of carboxylic acids is 1. The quantitative estimate of drug-likeness (QED) is 0.740. The summed E-state index contributed by atoms with van der Waals surface area (Å²) in [7, 11) is 0. The molecule has 5 nitrogen and oxygen atoms in total. The zero-order valence-electron chi connectivity index (χ0n) is 10.6. The zero-order chi connectivity index (χ0) is 12.8. The summed E-state index contributed by atoms with van der Waals surface area (Å²) in [5, 5.41) is 9.13. The molecular formula is C13H21NO4. The minimum absolute atomic E-state index is 0.217. The van der Waals surface area contributed by atoms with Crippen molar-refractivity contribution in [2.75, 3.05) is 0 Å². The molecule has 3 N–H and O–H groups in total. The maximum atomic E-state index is 11.1. The highest BCUT2D eigenvalue weighted by Gasteiger charge is 2.53. The highest BCUT2D eigenvalue weighted by molar-refractivity contribution is 5.78. The molecule has 1 aliphatic heterocycles. The fourth-order valence-electron chi connectivity index (χ4n) is 3.44. The molecule has 0 aromatic heterocycles. The third-order valence-electron chi connectivity index (χ3n) is 4.70. The second-order valence-electron chi connectivity index (χ2n) is 5.97. The van der Waals surface area contributed by atoms with E-state index in [2.05, 4.69) is 0 Å². The Morgan fingerprint density at radius 2 is 1.56 bits per heavy atom. The van der Waals surface area contributed by atoms with E-state index in [1.807, 2.05) is 0 Å². The van der Waals surface area contributed by atoms with Crippen molar-refractivity contribution in [3.8, 4) is 0 Å². The fourth-order valence-corrected chi connectivity index (χ4v) is 3.44. The predicted octanol–water partition coefficient (Wildman–Crippen LogP) is 1.40. The van der Waals surface area contributed by atoms with Gasteiger partial charge in [-0.05, 0) is 25.7 Å². The Morgan fingerprint density at radius 1 is 1.06 bits per heavy atom. The summed E-state index contributed by atoms with van der Waals surface area (Å²) in [6, 6.07) is 0. The average molecular weight is 255 g/mol. The van der Waals surface area contributed by atoms with Crippen LogP contribution in [-0.4, -0.2) is 34.6 Å². The van der Waals surface area contributed by atoms with E-state index in [4.69, 9.17) is 20.3 Å². The number of fused-ring (bicyclic) bond motifs is 1. The Labute approximate surface area is 107 Å². The molecule has 3 fully saturated rings. The van der Waals surface area contributed by atoms with Crippen molar-refractivity contribution < 1.29 is 19.4 Å². The molecule has 1 saturated heterocycles. The zero-order valence-corrected chi connectivity index (χ0v) is 10.6. The van der Waals surface area contributed by atoms with Gasteiger partial charge in [0.05, 0.1) is 12.2 Å². The first-order valence-electron chi connectivity index (χ1n) is 6.91. The highest BCUT2D eigenvalue weighted by atomic mass is 16.8. The number of hydrogen-bond acceptors (Lipinski definition) is 4. The van der Waals surface area contributed by atoms with E-state index in [9.17, 15) is 4.79 Å². The van der Waals surface area contributed by atoms with Gasteiger partial charge in [0, 0.05) is 12.8 Å². The molecule has 2 aliphatic carbocycles. The van der Waals surface area contributed by atoms with Gasteiger partial charge in [0.1, 0.15) is 5.54 Å². The molecule has 1 heterocycles. The van der Waals surface area contributed by atoms with E-state index >= 15 is 0 Å². The first-order chi connectivity index (χ1) is 8.53. The first-order valence-corrected chi connectivity index (χ1v) is 6.91. The van der Waals surface area contributed by atoms with Crippen LogP contribution < -0.4 is 5.73 Å². The van der Waals surface area contributed by atoms with Gasteiger partial charge in [0.25, 0.3) is 0 Å². The molecule has 2 atom stereocenters. The summed E-state index contributed by atoms with van der Waals surface area (Å²) in [6.07, 6.45) is 7.04. The maximum absolute atomic E-state index is 11.1. The Hall–Kier alpha value is -0.650. The number of carbonyl (C=O) groups is 1. The summed E-state index contributed by atoms with van der Waals surface area (Å²) in [4.78, 5) is 11.1. The van der Waals surface area contributed by atoms with E-state index in [1.165, 1.54) is 12.8 Å². The van der Waals surface area contributed by atoms with Gasteiger partial charge in [-0.15, -0.1) is 0 Å². The van der Waals surface area contributed by atoms with Gasteiger partial charge in [-0.2, -0.15) is 0 Å². The van der Waals surface area contributed by atoms with Crippen LogP contribution in [0.25, 0.3) is 0 Å². The van der Waals surface area contributed by atoms with Crippen LogP contribution >= 0.6 is 0 Å². The number of ether oxygens (including phenoxy) is 2. The lowest BCUT2D eigenvalue weighted by Gasteiger charge is -2.39. The van der Waals surface area contributed by atoms with Crippen LogP contribution in [0.3, 0.4) is 0 Å². The van der Waals surface area contributed by atoms with Crippen LogP contribution in [0, 0.1) is 0 Å². The largest absolute Gasteiger partial charge is 0.480 e. The predicted molar refractivity (Wildman–Crippen MR) is 64.0 cm³/mol. The standard InChI is InChI=1S/C13H21NO4/c14-12(11(15)16)5-7-13(8-6-12)17-9-3-1-2-4-10(9)18-13/h9-10H,1-8,14H2,(H,15,16)/t9-,10-/m1/s1. The van der Waals surface area contributed by atoms with E-state index < -0.39 is 17.3 Å². The number of aliphatic carboxylic acids is 1. The van der Waals surface area contributed by atoms with Crippen molar-refractivity contribution in [3.05, 3.63) is 0 Å². The minimum atomic E-state index is -1.09. The summed E-state index contributed by atoms with van der Waals surface area (Å²) >= 11 is 0. The molecule has 3 rings (SSSR count). The van der Waals surface area contributed by atoms with Gasteiger partial charge in [0.15, 0.2) is 5.79 Å². The SMILES string of the molecule is NC1(C(=O)O)CCC2(CC1)O[C@@H]1CCCC[C@H]1O2. The Balaban J connectivity index is 1.67. The molecule has 0 bridgehead atoms. The second kappa shape index (κ2) is 4.18. The molecule has 3 aliphatic rings. The lowest BCUT2D eigenvalue weighted by molar-refractivity contribution is -0.202. The van der Waals surface area contributed by atoms with Gasteiger partial charge in [-0.3, -0.25) is 4.79 Å². The molecule has 0 aromatic carbocycles. The number of nitrogens with two attached hydrogens (primary N) is 1. The summed E-state index contributed by atoms with van der Waals surface area (Å²) in [5.41, 5.74) is 4.80. The Morgan fingerprint density at radius 3 is 2.00 bits per heavy atom. The van der Waals surface area contributed by atoms with Crippen LogP contribution in [-0.2, 0) is 14.3 Å². The summed E-state index contributed by atoms with van der Waals surface area (Å²) in [6.45, 7) is 0. The van der Waals surface area contributed by atoms with Gasteiger partial charge < -0.3 is 20.3 Å². The monoisotopic (exact) mass is 255 g/mol. The fraction of sp³-hybridized carbons (Fsp3) is 0.923. The molecule has 2 saturated carbocycles. The number of rotatable bonds is 1. The van der Waals surface area contributed by atoms with Crippen molar-refractivity contribution in [3.63, 3.8) is 0 Å². The smallest absolute Gasteiger partial charge is 0.323 e. The van der Waals surface area contributed by atoms with E-state index in [-0.39, 0.29) is 12.2 Å². The Bertz CT molecular complexity index is 333. The molecule has 5 heteroatoms.